The monoisotopic (exact) mass is 250 g/mol. The number of rotatable bonds is 3. The van der Waals surface area contributed by atoms with Crippen molar-refractivity contribution in [2.75, 3.05) is 18.9 Å². The minimum atomic E-state index is 0.00106. The Morgan fingerprint density at radius 3 is 2.89 bits per heavy atom. The summed E-state index contributed by atoms with van der Waals surface area (Å²) in [5, 5.41) is 7.17. The number of amides is 1. The van der Waals surface area contributed by atoms with Crippen molar-refractivity contribution in [3.8, 4) is 0 Å². The van der Waals surface area contributed by atoms with Gasteiger partial charge in [0.25, 0.3) is 0 Å². The highest BCUT2D eigenvalue weighted by molar-refractivity contribution is 5.94. The van der Waals surface area contributed by atoms with Crippen molar-refractivity contribution in [2.24, 2.45) is 0 Å². The standard InChI is InChI=1S/C13H22N4O/c1-10(2)17-9-11(8-14-17)15-13(18)12-6-4-5-7-16(12)3/h8-10,12H,4-7H2,1-3H3,(H,15,18). The predicted molar refractivity (Wildman–Crippen MR) is 71.5 cm³/mol. The number of nitrogens with zero attached hydrogens (tertiary/aromatic N) is 3. The van der Waals surface area contributed by atoms with Crippen LogP contribution in [0.25, 0.3) is 0 Å². The smallest absolute Gasteiger partial charge is 0.241 e. The van der Waals surface area contributed by atoms with E-state index in [9.17, 15) is 4.79 Å². The maximum atomic E-state index is 12.2. The zero-order chi connectivity index (χ0) is 13.1. The second-order valence-corrected chi connectivity index (χ2v) is 5.28. The molecule has 1 N–H and O–H groups in total. The molecule has 100 valence electrons. The molecule has 0 saturated carbocycles. The lowest BCUT2D eigenvalue weighted by atomic mass is 10.0. The SMILES string of the molecule is CC(C)n1cc(NC(=O)C2CCCCN2C)cn1. The van der Waals surface area contributed by atoms with Gasteiger partial charge in [-0.3, -0.25) is 14.4 Å². The van der Waals surface area contributed by atoms with Crippen LogP contribution in [0.2, 0.25) is 0 Å². The fourth-order valence-corrected chi connectivity index (χ4v) is 2.32. The molecule has 0 aromatic carbocycles. The van der Waals surface area contributed by atoms with E-state index in [1.54, 1.807) is 6.20 Å². The zero-order valence-electron chi connectivity index (χ0n) is 11.4. The molecule has 2 heterocycles. The third-order valence-electron chi connectivity index (χ3n) is 3.47. The number of hydrogen-bond donors (Lipinski definition) is 1. The van der Waals surface area contributed by atoms with Crippen LogP contribution in [0.3, 0.4) is 0 Å². The van der Waals surface area contributed by atoms with E-state index in [0.717, 1.165) is 25.1 Å². The summed E-state index contributed by atoms with van der Waals surface area (Å²) in [6.45, 7) is 5.13. The van der Waals surface area contributed by atoms with Crippen LogP contribution in [0.15, 0.2) is 12.4 Å². The number of anilines is 1. The molecule has 1 fully saturated rings. The molecule has 0 spiro atoms. The number of likely N-dealkylation sites (tertiary alicyclic amines) is 1. The van der Waals surface area contributed by atoms with Gasteiger partial charge < -0.3 is 5.32 Å². The van der Waals surface area contributed by atoms with Gasteiger partial charge in [-0.1, -0.05) is 6.42 Å². The number of aromatic nitrogens is 2. The lowest BCUT2D eigenvalue weighted by Crippen LogP contribution is -2.44. The summed E-state index contributed by atoms with van der Waals surface area (Å²) >= 11 is 0. The van der Waals surface area contributed by atoms with E-state index in [4.69, 9.17) is 0 Å². The molecule has 1 atom stereocenters. The van der Waals surface area contributed by atoms with Crippen molar-refractivity contribution in [3.63, 3.8) is 0 Å². The van der Waals surface area contributed by atoms with Gasteiger partial charge in [0.05, 0.1) is 17.9 Å². The van der Waals surface area contributed by atoms with Gasteiger partial charge >= 0.3 is 0 Å². The van der Waals surface area contributed by atoms with Crippen LogP contribution < -0.4 is 5.32 Å². The number of carbonyl (C=O) groups is 1. The average molecular weight is 250 g/mol. The molecule has 1 amide bonds. The van der Waals surface area contributed by atoms with E-state index in [0.29, 0.717) is 6.04 Å². The quantitative estimate of drug-likeness (QED) is 0.891. The van der Waals surface area contributed by atoms with E-state index in [2.05, 4.69) is 29.2 Å². The van der Waals surface area contributed by atoms with E-state index in [1.807, 2.05) is 17.9 Å². The summed E-state index contributed by atoms with van der Waals surface area (Å²) in [5.41, 5.74) is 0.785. The first-order chi connectivity index (χ1) is 8.58. The average Bonchev–Trinajstić information content (AvgIpc) is 2.78. The Bertz CT molecular complexity index is 413. The van der Waals surface area contributed by atoms with Crippen LogP contribution in [-0.2, 0) is 4.79 Å². The molecular formula is C13H22N4O. The molecule has 0 aliphatic carbocycles. The van der Waals surface area contributed by atoms with Crippen LogP contribution in [0.1, 0.15) is 39.2 Å². The number of piperidine rings is 1. The third-order valence-corrected chi connectivity index (χ3v) is 3.47. The normalized spacial score (nSPS) is 21.2. The molecule has 18 heavy (non-hydrogen) atoms. The Kier molecular flexibility index (Phi) is 4.01. The van der Waals surface area contributed by atoms with Gasteiger partial charge in [0, 0.05) is 12.2 Å². The van der Waals surface area contributed by atoms with Gasteiger partial charge in [-0.2, -0.15) is 5.10 Å². The van der Waals surface area contributed by atoms with Crippen molar-refractivity contribution in [3.05, 3.63) is 12.4 Å². The molecule has 0 bridgehead atoms. The molecule has 1 aliphatic heterocycles. The Balaban J connectivity index is 1.97. The van der Waals surface area contributed by atoms with E-state index < -0.39 is 0 Å². The van der Waals surface area contributed by atoms with Crippen molar-refractivity contribution >= 4 is 11.6 Å². The van der Waals surface area contributed by atoms with Gasteiger partial charge in [0.1, 0.15) is 0 Å². The van der Waals surface area contributed by atoms with Crippen molar-refractivity contribution in [1.29, 1.82) is 0 Å². The van der Waals surface area contributed by atoms with Crippen LogP contribution in [0.4, 0.5) is 5.69 Å². The molecule has 5 heteroatoms. The molecule has 0 radical (unpaired) electrons. The lowest BCUT2D eigenvalue weighted by molar-refractivity contribution is -0.121. The van der Waals surface area contributed by atoms with E-state index >= 15 is 0 Å². The summed E-state index contributed by atoms with van der Waals surface area (Å²) in [6.07, 6.45) is 6.85. The largest absolute Gasteiger partial charge is 0.322 e. The molecule has 1 unspecified atom stereocenters. The zero-order valence-corrected chi connectivity index (χ0v) is 11.4. The van der Waals surface area contributed by atoms with Gasteiger partial charge in [0.2, 0.25) is 5.91 Å². The summed E-state index contributed by atoms with van der Waals surface area (Å²) in [4.78, 5) is 14.3. The molecule has 2 rings (SSSR count). The van der Waals surface area contributed by atoms with Crippen molar-refractivity contribution < 1.29 is 4.79 Å². The summed E-state index contributed by atoms with van der Waals surface area (Å²) in [6, 6.07) is 0.314. The maximum absolute atomic E-state index is 12.2. The van der Waals surface area contributed by atoms with E-state index in [-0.39, 0.29) is 11.9 Å². The Hall–Kier alpha value is -1.36. The fraction of sp³-hybridized carbons (Fsp3) is 0.692. The number of hydrogen-bond acceptors (Lipinski definition) is 3. The minimum absolute atomic E-state index is 0.00106. The molecule has 1 aromatic rings. The molecule has 5 nitrogen and oxygen atoms in total. The highest BCUT2D eigenvalue weighted by Crippen LogP contribution is 2.17. The fourth-order valence-electron chi connectivity index (χ4n) is 2.32. The Morgan fingerprint density at radius 2 is 2.28 bits per heavy atom. The van der Waals surface area contributed by atoms with E-state index in [1.165, 1.54) is 6.42 Å². The number of likely N-dealkylation sites (N-methyl/N-ethyl adjacent to an activating group) is 1. The molecule has 1 aromatic heterocycles. The van der Waals surface area contributed by atoms with Crippen LogP contribution in [0, 0.1) is 0 Å². The minimum Gasteiger partial charge on any atom is -0.322 e. The highest BCUT2D eigenvalue weighted by atomic mass is 16.2. The lowest BCUT2D eigenvalue weighted by Gasteiger charge is -2.30. The molecule has 1 saturated heterocycles. The third kappa shape index (κ3) is 2.90. The van der Waals surface area contributed by atoms with Crippen LogP contribution in [0.5, 0.6) is 0 Å². The van der Waals surface area contributed by atoms with Gasteiger partial charge in [-0.05, 0) is 40.3 Å². The second kappa shape index (κ2) is 5.52. The van der Waals surface area contributed by atoms with Gasteiger partial charge in [-0.25, -0.2) is 0 Å². The first-order valence-electron chi connectivity index (χ1n) is 6.63. The first-order valence-corrected chi connectivity index (χ1v) is 6.63. The van der Waals surface area contributed by atoms with Crippen molar-refractivity contribution in [1.82, 2.24) is 14.7 Å². The van der Waals surface area contributed by atoms with Crippen LogP contribution in [-0.4, -0.2) is 40.2 Å². The Labute approximate surface area is 108 Å². The second-order valence-electron chi connectivity index (χ2n) is 5.28. The first kappa shape index (κ1) is 13.1. The highest BCUT2D eigenvalue weighted by Gasteiger charge is 2.25. The van der Waals surface area contributed by atoms with Crippen molar-refractivity contribution in [2.45, 2.75) is 45.2 Å². The molecule has 1 aliphatic rings. The summed E-state index contributed by atoms with van der Waals surface area (Å²) in [5.74, 6) is 0.0838. The summed E-state index contributed by atoms with van der Waals surface area (Å²) < 4.78 is 1.85. The summed E-state index contributed by atoms with van der Waals surface area (Å²) in [7, 11) is 2.01. The van der Waals surface area contributed by atoms with Gasteiger partial charge in [0.15, 0.2) is 0 Å². The number of nitrogens with one attached hydrogen (secondary N) is 1. The maximum Gasteiger partial charge on any atom is 0.241 e. The predicted octanol–water partition coefficient (Wildman–Crippen LogP) is 1.89. The topological polar surface area (TPSA) is 50.2 Å². The number of carbonyl (C=O) groups excluding carboxylic acids is 1. The van der Waals surface area contributed by atoms with Crippen LogP contribution >= 0.6 is 0 Å². The van der Waals surface area contributed by atoms with Gasteiger partial charge in [-0.15, -0.1) is 0 Å². The Morgan fingerprint density at radius 1 is 1.50 bits per heavy atom. The molecular weight excluding hydrogens is 228 g/mol.